The monoisotopic (exact) mass is 339 g/mol. The summed E-state index contributed by atoms with van der Waals surface area (Å²) >= 11 is 0. The number of rotatable bonds is 4. The van der Waals surface area contributed by atoms with Crippen molar-refractivity contribution in [3.63, 3.8) is 0 Å². The van der Waals surface area contributed by atoms with Gasteiger partial charge in [0, 0.05) is 12.2 Å². The molecule has 25 heavy (non-hydrogen) atoms. The van der Waals surface area contributed by atoms with E-state index < -0.39 is 0 Å². The highest BCUT2D eigenvalue weighted by molar-refractivity contribution is 5.77. The molecule has 3 rings (SSSR count). The van der Waals surface area contributed by atoms with Gasteiger partial charge in [-0.3, -0.25) is 9.48 Å². The fourth-order valence-corrected chi connectivity index (χ4v) is 3.72. The van der Waals surface area contributed by atoms with Gasteiger partial charge in [-0.25, -0.2) is 0 Å². The van der Waals surface area contributed by atoms with Crippen LogP contribution in [-0.4, -0.2) is 27.1 Å². The molecular weight excluding hydrogens is 310 g/mol. The molecule has 0 aliphatic carbocycles. The molecule has 1 aliphatic heterocycles. The van der Waals surface area contributed by atoms with Gasteiger partial charge in [-0.1, -0.05) is 32.0 Å². The second-order valence-corrected chi connectivity index (χ2v) is 7.56. The molecule has 4 nitrogen and oxygen atoms in total. The maximum absolute atomic E-state index is 13.0. The molecule has 0 bridgehead atoms. The third-order valence-electron chi connectivity index (χ3n) is 5.46. The summed E-state index contributed by atoms with van der Waals surface area (Å²) < 4.78 is 1.86. The van der Waals surface area contributed by atoms with Gasteiger partial charge in [-0.15, -0.1) is 0 Å². The first-order valence-corrected chi connectivity index (χ1v) is 9.28. The number of carbonyl (C=O) groups excluding carboxylic acids is 1. The summed E-state index contributed by atoms with van der Waals surface area (Å²) in [6.07, 6.45) is 2.12. The third-order valence-corrected chi connectivity index (χ3v) is 5.46. The Hall–Kier alpha value is -2.10. The zero-order chi connectivity index (χ0) is 18.1. The predicted octanol–water partition coefficient (Wildman–Crippen LogP) is 4.30. The summed E-state index contributed by atoms with van der Waals surface area (Å²) in [5.74, 6) is 0.550. The van der Waals surface area contributed by atoms with E-state index in [1.165, 1.54) is 16.7 Å². The number of hydrogen-bond donors (Lipinski definition) is 0. The van der Waals surface area contributed by atoms with Crippen molar-refractivity contribution in [2.24, 2.45) is 0 Å². The van der Waals surface area contributed by atoms with Crippen molar-refractivity contribution in [2.45, 2.75) is 66.0 Å². The molecule has 4 heteroatoms. The van der Waals surface area contributed by atoms with Crippen molar-refractivity contribution in [2.75, 3.05) is 6.54 Å². The zero-order valence-electron chi connectivity index (χ0n) is 16.0. The highest BCUT2D eigenvalue weighted by Crippen LogP contribution is 2.34. The van der Waals surface area contributed by atoms with E-state index in [1.54, 1.807) is 0 Å². The van der Waals surface area contributed by atoms with Gasteiger partial charge in [-0.2, -0.15) is 5.10 Å². The first kappa shape index (κ1) is 17.7. The Balaban J connectivity index is 1.80. The first-order valence-electron chi connectivity index (χ1n) is 9.28. The normalized spacial score (nSPS) is 17.5. The van der Waals surface area contributed by atoms with Crippen molar-refractivity contribution < 1.29 is 4.79 Å². The number of hydrogen-bond acceptors (Lipinski definition) is 2. The molecular formula is C21H29N3O. The van der Waals surface area contributed by atoms with Gasteiger partial charge in [0.1, 0.15) is 6.54 Å². The minimum atomic E-state index is 0.171. The van der Waals surface area contributed by atoms with E-state index in [0.717, 1.165) is 30.8 Å². The second kappa shape index (κ2) is 7.03. The first-order chi connectivity index (χ1) is 11.9. The number of amides is 1. The van der Waals surface area contributed by atoms with Crippen LogP contribution in [0.1, 0.15) is 66.7 Å². The molecule has 2 heterocycles. The van der Waals surface area contributed by atoms with E-state index >= 15 is 0 Å². The highest BCUT2D eigenvalue weighted by Gasteiger charge is 2.31. The lowest BCUT2D eigenvalue weighted by molar-refractivity contribution is -0.133. The van der Waals surface area contributed by atoms with Crippen LogP contribution >= 0.6 is 0 Å². The van der Waals surface area contributed by atoms with Crippen LogP contribution in [0.5, 0.6) is 0 Å². The van der Waals surface area contributed by atoms with E-state index in [4.69, 9.17) is 0 Å². The lowest BCUT2D eigenvalue weighted by Crippen LogP contribution is -2.34. The Bertz CT molecular complexity index is 775. The molecule has 0 spiro atoms. The van der Waals surface area contributed by atoms with Gasteiger partial charge in [0.25, 0.3) is 0 Å². The standard InChI is InChI=1S/C21H29N3O/c1-14(2)19-12-16(4)24(22-19)13-21(25)23-11-7-10-20(23)18-9-6-8-15(3)17(18)5/h6,8-9,12,14,20H,7,10-11,13H2,1-5H3/t20-/m0/s1. The van der Waals surface area contributed by atoms with E-state index in [-0.39, 0.29) is 11.9 Å². The minimum Gasteiger partial charge on any atom is -0.334 e. The number of aromatic nitrogens is 2. The summed E-state index contributed by atoms with van der Waals surface area (Å²) in [6, 6.07) is 8.71. The van der Waals surface area contributed by atoms with Crippen LogP contribution in [0.3, 0.4) is 0 Å². The molecule has 1 amide bonds. The van der Waals surface area contributed by atoms with Gasteiger partial charge < -0.3 is 4.90 Å². The largest absolute Gasteiger partial charge is 0.334 e. The number of aryl methyl sites for hydroxylation is 2. The van der Waals surface area contributed by atoms with Crippen LogP contribution in [0.15, 0.2) is 24.3 Å². The van der Waals surface area contributed by atoms with Crippen molar-refractivity contribution in [1.82, 2.24) is 14.7 Å². The second-order valence-electron chi connectivity index (χ2n) is 7.56. The van der Waals surface area contributed by atoms with Crippen LogP contribution < -0.4 is 0 Å². The summed E-state index contributed by atoms with van der Waals surface area (Å²) in [4.78, 5) is 15.0. The third kappa shape index (κ3) is 3.48. The van der Waals surface area contributed by atoms with Crippen LogP contribution in [0, 0.1) is 20.8 Å². The Kier molecular flexibility index (Phi) is 4.98. The van der Waals surface area contributed by atoms with Gasteiger partial charge in [0.2, 0.25) is 5.91 Å². The molecule has 0 N–H and O–H groups in total. The number of likely N-dealkylation sites (tertiary alicyclic amines) is 1. The average Bonchev–Trinajstić information content (AvgIpc) is 3.17. The van der Waals surface area contributed by atoms with Gasteiger partial charge in [0.05, 0.1) is 11.7 Å². The molecule has 0 radical (unpaired) electrons. The van der Waals surface area contributed by atoms with E-state index in [1.807, 2.05) is 11.6 Å². The Labute approximate surface area is 150 Å². The average molecular weight is 339 g/mol. The number of carbonyl (C=O) groups is 1. The molecule has 0 saturated carbocycles. The fraction of sp³-hybridized carbons (Fsp3) is 0.524. The molecule has 1 fully saturated rings. The Morgan fingerprint density at radius 1 is 1.28 bits per heavy atom. The summed E-state index contributed by atoms with van der Waals surface area (Å²) in [5.41, 5.74) is 6.01. The summed E-state index contributed by atoms with van der Waals surface area (Å²) in [7, 11) is 0. The quantitative estimate of drug-likeness (QED) is 0.833. The summed E-state index contributed by atoms with van der Waals surface area (Å²) in [6.45, 7) is 11.8. The van der Waals surface area contributed by atoms with Gasteiger partial charge in [0.15, 0.2) is 0 Å². The van der Waals surface area contributed by atoms with Crippen molar-refractivity contribution >= 4 is 5.91 Å². The highest BCUT2D eigenvalue weighted by atomic mass is 16.2. The number of nitrogens with zero attached hydrogens (tertiary/aromatic N) is 3. The van der Waals surface area contributed by atoms with E-state index in [2.05, 4.69) is 62.0 Å². The van der Waals surface area contributed by atoms with Crippen LogP contribution in [0.4, 0.5) is 0 Å². The van der Waals surface area contributed by atoms with E-state index in [0.29, 0.717) is 12.5 Å². The Morgan fingerprint density at radius 3 is 2.72 bits per heavy atom. The van der Waals surface area contributed by atoms with Crippen LogP contribution in [-0.2, 0) is 11.3 Å². The molecule has 1 saturated heterocycles. The molecule has 1 aliphatic rings. The van der Waals surface area contributed by atoms with Crippen molar-refractivity contribution in [1.29, 1.82) is 0 Å². The molecule has 2 aromatic rings. The Morgan fingerprint density at radius 2 is 2.04 bits per heavy atom. The van der Waals surface area contributed by atoms with Crippen molar-refractivity contribution in [3.05, 3.63) is 52.3 Å². The molecule has 1 aromatic carbocycles. The molecule has 1 aromatic heterocycles. The smallest absolute Gasteiger partial charge is 0.244 e. The zero-order valence-corrected chi connectivity index (χ0v) is 16.0. The SMILES string of the molecule is Cc1cccc([C@@H]2CCCN2C(=O)Cn2nc(C(C)C)cc2C)c1C. The molecule has 134 valence electrons. The van der Waals surface area contributed by atoms with Gasteiger partial charge >= 0.3 is 0 Å². The van der Waals surface area contributed by atoms with E-state index in [9.17, 15) is 4.79 Å². The minimum absolute atomic E-state index is 0.171. The van der Waals surface area contributed by atoms with Crippen LogP contribution in [0.2, 0.25) is 0 Å². The molecule has 1 atom stereocenters. The predicted molar refractivity (Wildman–Crippen MR) is 101 cm³/mol. The fourth-order valence-electron chi connectivity index (χ4n) is 3.72. The topological polar surface area (TPSA) is 38.1 Å². The number of benzene rings is 1. The maximum Gasteiger partial charge on any atom is 0.244 e. The molecule has 0 unspecified atom stereocenters. The van der Waals surface area contributed by atoms with Crippen molar-refractivity contribution in [3.8, 4) is 0 Å². The summed E-state index contributed by atoms with van der Waals surface area (Å²) in [5, 5.41) is 4.62. The lowest BCUT2D eigenvalue weighted by atomic mass is 9.96. The van der Waals surface area contributed by atoms with Gasteiger partial charge in [-0.05, 0) is 62.3 Å². The maximum atomic E-state index is 13.0. The lowest BCUT2D eigenvalue weighted by Gasteiger charge is -2.27. The van der Waals surface area contributed by atoms with Crippen LogP contribution in [0.25, 0.3) is 0 Å².